The van der Waals surface area contributed by atoms with E-state index in [0.29, 0.717) is 22.3 Å². The van der Waals surface area contributed by atoms with Gasteiger partial charge < -0.3 is 19.1 Å². The zero-order chi connectivity index (χ0) is 23.6. The van der Waals surface area contributed by atoms with Crippen LogP contribution < -0.4 is 9.47 Å². The van der Waals surface area contributed by atoms with Crippen molar-refractivity contribution >= 4 is 29.5 Å². The fraction of sp³-hybridized carbons (Fsp3) is 0.130. The van der Waals surface area contributed by atoms with Crippen molar-refractivity contribution in [3.63, 3.8) is 0 Å². The number of rotatable bonds is 7. The first kappa shape index (κ1) is 22.5. The molecule has 2 aromatic carbocycles. The number of hydrogen-bond donors (Lipinski definition) is 2. The summed E-state index contributed by atoms with van der Waals surface area (Å²) in [6, 6.07) is 15.7. The Morgan fingerprint density at radius 2 is 1.79 bits per heavy atom. The van der Waals surface area contributed by atoms with Crippen LogP contribution in [0.4, 0.5) is 13.2 Å². The van der Waals surface area contributed by atoms with Gasteiger partial charge in [-0.15, -0.1) is 25.8 Å². The standard InChI is InChI=1S/C23H17F3N2O4S/c24-23(25,26)32-16-6-4-15(5-7-16)31-11-10-28-19-8-9-27-21(14-2-1-3-17(33)12-14)18(19)13-20(28)22(29)30/h1-9,12-13,33H,10-11H2,(H,29,30). The number of pyridine rings is 1. The number of halogens is 3. The maximum Gasteiger partial charge on any atom is 0.573 e. The van der Waals surface area contributed by atoms with E-state index in [4.69, 9.17) is 4.74 Å². The van der Waals surface area contributed by atoms with Crippen LogP contribution in [0.3, 0.4) is 0 Å². The van der Waals surface area contributed by atoms with Crippen LogP contribution in [-0.4, -0.2) is 33.6 Å². The number of thiol groups is 1. The lowest BCUT2D eigenvalue weighted by molar-refractivity contribution is -0.274. The molecule has 0 saturated carbocycles. The lowest BCUT2D eigenvalue weighted by Crippen LogP contribution is -2.17. The SMILES string of the molecule is O=C(O)c1cc2c(-c3cccc(S)c3)nccc2n1CCOc1ccc(OC(F)(F)F)cc1. The van der Waals surface area contributed by atoms with Crippen LogP contribution in [0.25, 0.3) is 22.2 Å². The maximum atomic E-state index is 12.3. The highest BCUT2D eigenvalue weighted by atomic mass is 32.1. The van der Waals surface area contributed by atoms with Gasteiger partial charge >= 0.3 is 12.3 Å². The number of carboxylic acid groups (broad SMARTS) is 1. The molecule has 0 spiro atoms. The molecule has 10 heteroatoms. The van der Waals surface area contributed by atoms with Crippen LogP contribution in [0.2, 0.25) is 0 Å². The molecule has 0 amide bonds. The Hall–Kier alpha value is -3.66. The molecule has 0 fully saturated rings. The minimum absolute atomic E-state index is 0.0683. The molecule has 2 aromatic heterocycles. The molecular weight excluding hydrogens is 457 g/mol. The minimum atomic E-state index is -4.77. The van der Waals surface area contributed by atoms with Crippen LogP contribution >= 0.6 is 12.6 Å². The quantitative estimate of drug-likeness (QED) is 0.338. The average molecular weight is 474 g/mol. The number of ether oxygens (including phenoxy) is 2. The van der Waals surface area contributed by atoms with Gasteiger partial charge in [-0.25, -0.2) is 4.79 Å². The second-order valence-corrected chi connectivity index (χ2v) is 7.51. The monoisotopic (exact) mass is 474 g/mol. The largest absolute Gasteiger partial charge is 0.573 e. The number of fused-ring (bicyclic) bond motifs is 1. The molecule has 2 heterocycles. The molecule has 0 atom stereocenters. The van der Waals surface area contributed by atoms with Crippen LogP contribution in [0, 0.1) is 0 Å². The van der Waals surface area contributed by atoms with Crippen LogP contribution in [0.15, 0.2) is 71.8 Å². The lowest BCUT2D eigenvalue weighted by Gasteiger charge is -2.12. The third-order valence-corrected chi connectivity index (χ3v) is 5.09. The summed E-state index contributed by atoms with van der Waals surface area (Å²) in [6.45, 7) is 0.287. The van der Waals surface area contributed by atoms with Gasteiger partial charge in [-0.2, -0.15) is 0 Å². The van der Waals surface area contributed by atoms with Gasteiger partial charge in [0, 0.05) is 22.0 Å². The highest BCUT2D eigenvalue weighted by Gasteiger charge is 2.31. The Labute approximate surface area is 191 Å². The number of aromatic nitrogens is 2. The molecule has 1 N–H and O–H groups in total. The summed E-state index contributed by atoms with van der Waals surface area (Å²) in [7, 11) is 0. The van der Waals surface area contributed by atoms with Gasteiger partial charge in [0.05, 0.1) is 17.8 Å². The van der Waals surface area contributed by atoms with Gasteiger partial charge in [-0.3, -0.25) is 4.98 Å². The van der Waals surface area contributed by atoms with E-state index in [1.54, 1.807) is 22.9 Å². The van der Waals surface area contributed by atoms with Crippen molar-refractivity contribution in [1.82, 2.24) is 9.55 Å². The molecule has 4 aromatic rings. The topological polar surface area (TPSA) is 73.6 Å². The molecule has 0 bridgehead atoms. The Bertz CT molecular complexity index is 1300. The van der Waals surface area contributed by atoms with Gasteiger partial charge in [0.2, 0.25) is 0 Å². The Morgan fingerprint density at radius 3 is 2.45 bits per heavy atom. The number of hydrogen-bond acceptors (Lipinski definition) is 5. The van der Waals surface area contributed by atoms with Crippen molar-refractivity contribution in [3.8, 4) is 22.8 Å². The van der Waals surface area contributed by atoms with Crippen LogP contribution in [0.5, 0.6) is 11.5 Å². The summed E-state index contributed by atoms with van der Waals surface area (Å²) >= 11 is 4.36. The first-order valence-electron chi connectivity index (χ1n) is 9.71. The zero-order valence-electron chi connectivity index (χ0n) is 16.9. The molecule has 6 nitrogen and oxygen atoms in total. The van der Waals surface area contributed by atoms with E-state index in [0.717, 1.165) is 22.6 Å². The smallest absolute Gasteiger partial charge is 0.492 e. The molecule has 33 heavy (non-hydrogen) atoms. The van der Waals surface area contributed by atoms with E-state index in [2.05, 4.69) is 22.3 Å². The van der Waals surface area contributed by atoms with Crippen LogP contribution in [0.1, 0.15) is 10.5 Å². The lowest BCUT2D eigenvalue weighted by atomic mass is 10.1. The average Bonchev–Trinajstić information content (AvgIpc) is 3.13. The van der Waals surface area contributed by atoms with E-state index in [1.807, 2.05) is 24.3 Å². The molecular formula is C23H17F3N2O4S. The highest BCUT2D eigenvalue weighted by molar-refractivity contribution is 7.80. The molecule has 0 saturated heterocycles. The molecule has 0 radical (unpaired) electrons. The van der Waals surface area contributed by atoms with Crippen molar-refractivity contribution in [1.29, 1.82) is 0 Å². The molecule has 0 aliphatic heterocycles. The Balaban J connectivity index is 1.57. The predicted octanol–water partition coefficient (Wildman–Crippen LogP) is 5.67. The van der Waals surface area contributed by atoms with E-state index < -0.39 is 12.3 Å². The van der Waals surface area contributed by atoms with Crippen LogP contribution in [-0.2, 0) is 6.54 Å². The second-order valence-electron chi connectivity index (χ2n) is 7.00. The van der Waals surface area contributed by atoms with Gasteiger partial charge in [-0.05, 0) is 48.5 Å². The fourth-order valence-corrected chi connectivity index (χ4v) is 3.70. The normalized spacial score (nSPS) is 11.5. The highest BCUT2D eigenvalue weighted by Crippen LogP contribution is 2.31. The molecule has 0 aliphatic carbocycles. The van der Waals surface area contributed by atoms with E-state index in [9.17, 15) is 23.1 Å². The number of carbonyl (C=O) groups is 1. The third-order valence-electron chi connectivity index (χ3n) is 4.81. The molecule has 0 aliphatic rings. The molecule has 4 rings (SSSR count). The van der Waals surface area contributed by atoms with Gasteiger partial charge in [-0.1, -0.05) is 12.1 Å². The number of aromatic carboxylic acids is 1. The van der Waals surface area contributed by atoms with Gasteiger partial charge in [0.15, 0.2) is 0 Å². The maximum absolute atomic E-state index is 12.3. The summed E-state index contributed by atoms with van der Waals surface area (Å²) in [4.78, 5) is 17.1. The molecule has 0 unspecified atom stereocenters. The fourth-order valence-electron chi connectivity index (χ4n) is 3.48. The zero-order valence-corrected chi connectivity index (χ0v) is 17.8. The number of carboxylic acids is 1. The first-order chi connectivity index (χ1) is 15.7. The van der Waals surface area contributed by atoms with Crippen molar-refractivity contribution in [3.05, 3.63) is 72.6 Å². The summed E-state index contributed by atoms with van der Waals surface area (Å²) in [5, 5.41) is 10.4. The van der Waals surface area contributed by atoms with Crippen molar-refractivity contribution in [2.24, 2.45) is 0 Å². The Morgan fingerprint density at radius 1 is 1.06 bits per heavy atom. The number of nitrogens with zero attached hydrogens (tertiary/aromatic N) is 2. The predicted molar refractivity (Wildman–Crippen MR) is 118 cm³/mol. The number of alkyl halides is 3. The van der Waals surface area contributed by atoms with Gasteiger partial charge in [0.1, 0.15) is 23.8 Å². The summed E-state index contributed by atoms with van der Waals surface area (Å²) < 4.78 is 47.9. The van der Waals surface area contributed by atoms with Gasteiger partial charge in [0.25, 0.3) is 0 Å². The van der Waals surface area contributed by atoms with E-state index in [-0.39, 0.29) is 24.6 Å². The second kappa shape index (κ2) is 9.07. The van der Waals surface area contributed by atoms with Crippen molar-refractivity contribution in [2.75, 3.05) is 6.61 Å². The summed E-state index contributed by atoms with van der Waals surface area (Å²) in [5.74, 6) is -1.13. The third kappa shape index (κ3) is 5.23. The minimum Gasteiger partial charge on any atom is -0.492 e. The summed E-state index contributed by atoms with van der Waals surface area (Å²) in [5.41, 5.74) is 2.17. The first-order valence-corrected chi connectivity index (χ1v) is 10.2. The van der Waals surface area contributed by atoms with E-state index >= 15 is 0 Å². The molecule has 170 valence electrons. The number of benzene rings is 2. The van der Waals surface area contributed by atoms with Crippen molar-refractivity contribution in [2.45, 2.75) is 17.8 Å². The van der Waals surface area contributed by atoms with Crippen molar-refractivity contribution < 1.29 is 32.5 Å². The Kier molecular flexibility index (Phi) is 6.19. The summed E-state index contributed by atoms with van der Waals surface area (Å²) in [6.07, 6.45) is -3.17. The van der Waals surface area contributed by atoms with E-state index in [1.165, 1.54) is 12.1 Å².